The number of aryl methyl sites for hydroxylation is 1. The van der Waals surface area contributed by atoms with Gasteiger partial charge in [-0.3, -0.25) is 5.43 Å². The summed E-state index contributed by atoms with van der Waals surface area (Å²) in [7, 11) is 0. The molecule has 2 heterocycles. The first-order valence-corrected chi connectivity index (χ1v) is 6.63. The molecule has 0 saturated carbocycles. The maximum Gasteiger partial charge on any atom is 0.215 e. The molecule has 0 radical (unpaired) electrons. The van der Waals surface area contributed by atoms with Crippen LogP contribution in [0.4, 0.5) is 5.95 Å². The number of hydrogen-bond acceptors (Lipinski definition) is 4. The first-order chi connectivity index (χ1) is 8.36. The van der Waals surface area contributed by atoms with Crippen LogP contribution < -0.4 is 11.3 Å². The van der Waals surface area contributed by atoms with Gasteiger partial charge in [-0.15, -0.1) is 11.8 Å². The number of rotatable bonds is 2. The van der Waals surface area contributed by atoms with Gasteiger partial charge in [0.05, 0.1) is 11.9 Å². The Hall–Kier alpha value is -1.46. The largest absolute Gasteiger partial charge is 0.323 e. The van der Waals surface area contributed by atoms with Crippen LogP contribution in [0.15, 0.2) is 29.3 Å². The first-order valence-electron chi connectivity index (χ1n) is 5.64. The van der Waals surface area contributed by atoms with Gasteiger partial charge < -0.3 is 4.98 Å². The zero-order valence-electron chi connectivity index (χ0n) is 9.36. The number of hydrazine groups is 1. The number of imidazole rings is 1. The molecule has 2 aromatic rings. The van der Waals surface area contributed by atoms with Gasteiger partial charge in [-0.25, -0.2) is 10.8 Å². The Kier molecular flexibility index (Phi) is 2.78. The van der Waals surface area contributed by atoms with E-state index >= 15 is 0 Å². The molecule has 4 N–H and O–H groups in total. The smallest absolute Gasteiger partial charge is 0.215 e. The molecule has 0 spiro atoms. The van der Waals surface area contributed by atoms with Crippen molar-refractivity contribution in [2.75, 3.05) is 11.2 Å². The fraction of sp³-hybridized carbons (Fsp3) is 0.250. The number of benzene rings is 1. The van der Waals surface area contributed by atoms with E-state index in [9.17, 15) is 0 Å². The van der Waals surface area contributed by atoms with Gasteiger partial charge in [0.15, 0.2) is 0 Å². The summed E-state index contributed by atoms with van der Waals surface area (Å²) in [6, 6.07) is 6.57. The highest BCUT2D eigenvalue weighted by molar-refractivity contribution is 7.99. The zero-order valence-corrected chi connectivity index (χ0v) is 10.2. The summed E-state index contributed by atoms with van der Waals surface area (Å²) in [5, 5.41) is 0. The van der Waals surface area contributed by atoms with E-state index in [1.54, 1.807) is 6.20 Å². The molecule has 0 bridgehead atoms. The minimum absolute atomic E-state index is 0.590. The predicted octanol–water partition coefficient (Wildman–Crippen LogP) is 2.40. The monoisotopic (exact) mass is 246 g/mol. The van der Waals surface area contributed by atoms with Crippen LogP contribution in [0.5, 0.6) is 0 Å². The van der Waals surface area contributed by atoms with Crippen molar-refractivity contribution >= 4 is 17.7 Å². The number of nitrogens with one attached hydrogen (secondary N) is 2. The van der Waals surface area contributed by atoms with Crippen LogP contribution >= 0.6 is 11.8 Å². The Labute approximate surface area is 104 Å². The molecule has 1 aliphatic heterocycles. The average Bonchev–Trinajstić information content (AvgIpc) is 2.87. The SMILES string of the molecule is NNc1ncc(-c2ccc3c(c2)CCCS3)[nH]1. The molecular formula is C12H14N4S. The Morgan fingerprint density at radius 1 is 1.41 bits per heavy atom. The highest BCUT2D eigenvalue weighted by Gasteiger charge is 2.11. The van der Waals surface area contributed by atoms with Crippen molar-refractivity contribution in [3.05, 3.63) is 30.0 Å². The minimum Gasteiger partial charge on any atom is -0.323 e. The molecule has 0 fully saturated rings. The quantitative estimate of drug-likeness (QED) is 0.562. The lowest BCUT2D eigenvalue weighted by Gasteiger charge is -2.15. The highest BCUT2D eigenvalue weighted by atomic mass is 32.2. The predicted molar refractivity (Wildman–Crippen MR) is 70.9 cm³/mol. The Bertz CT molecular complexity index is 535. The molecule has 0 saturated heterocycles. The van der Waals surface area contributed by atoms with Crippen LogP contribution in [0.2, 0.25) is 0 Å². The van der Waals surface area contributed by atoms with Gasteiger partial charge in [0, 0.05) is 4.90 Å². The van der Waals surface area contributed by atoms with Crippen molar-refractivity contribution in [3.8, 4) is 11.3 Å². The standard InChI is InChI=1S/C12H14N4S/c13-16-12-14-7-10(15-12)8-3-4-11-9(6-8)2-1-5-17-11/h3-4,6-7H,1-2,5,13H2,(H2,14,15,16). The topological polar surface area (TPSA) is 66.7 Å². The molecule has 0 unspecified atom stereocenters. The summed E-state index contributed by atoms with van der Waals surface area (Å²) in [6.07, 6.45) is 4.24. The van der Waals surface area contributed by atoms with Gasteiger partial charge >= 0.3 is 0 Å². The molecule has 5 heteroatoms. The van der Waals surface area contributed by atoms with Gasteiger partial charge in [0.25, 0.3) is 0 Å². The molecule has 1 aromatic carbocycles. The van der Waals surface area contributed by atoms with E-state index in [0.717, 1.165) is 5.69 Å². The molecule has 3 rings (SSSR count). The second-order valence-electron chi connectivity index (χ2n) is 4.06. The molecule has 88 valence electrons. The lowest BCUT2D eigenvalue weighted by atomic mass is 10.0. The van der Waals surface area contributed by atoms with E-state index < -0.39 is 0 Å². The lowest BCUT2D eigenvalue weighted by molar-refractivity contribution is 0.890. The fourth-order valence-electron chi connectivity index (χ4n) is 2.07. The number of hydrogen-bond donors (Lipinski definition) is 3. The zero-order chi connectivity index (χ0) is 11.7. The highest BCUT2D eigenvalue weighted by Crippen LogP contribution is 2.32. The number of nitrogen functional groups attached to an aromatic ring is 1. The number of H-pyrrole nitrogens is 1. The Balaban J connectivity index is 1.97. The third-order valence-electron chi connectivity index (χ3n) is 2.93. The van der Waals surface area contributed by atoms with Gasteiger partial charge in [0.1, 0.15) is 0 Å². The summed E-state index contributed by atoms with van der Waals surface area (Å²) in [5.41, 5.74) is 6.11. The molecule has 0 amide bonds. The van der Waals surface area contributed by atoms with Gasteiger partial charge in [0.2, 0.25) is 5.95 Å². The van der Waals surface area contributed by atoms with Crippen molar-refractivity contribution in [2.45, 2.75) is 17.7 Å². The molecular weight excluding hydrogens is 232 g/mol. The molecule has 4 nitrogen and oxygen atoms in total. The van der Waals surface area contributed by atoms with Crippen LogP contribution in [0, 0.1) is 0 Å². The third kappa shape index (κ3) is 2.03. The maximum absolute atomic E-state index is 5.30. The van der Waals surface area contributed by atoms with Crippen molar-refractivity contribution in [1.29, 1.82) is 0 Å². The van der Waals surface area contributed by atoms with E-state index in [1.165, 1.54) is 34.6 Å². The fourth-order valence-corrected chi connectivity index (χ4v) is 3.09. The molecule has 0 atom stereocenters. The van der Waals surface area contributed by atoms with Crippen LogP contribution in [-0.2, 0) is 6.42 Å². The number of fused-ring (bicyclic) bond motifs is 1. The Morgan fingerprint density at radius 3 is 3.18 bits per heavy atom. The second kappa shape index (κ2) is 4.43. The summed E-state index contributed by atoms with van der Waals surface area (Å²) in [5.74, 6) is 7.13. The number of anilines is 1. The Morgan fingerprint density at radius 2 is 2.35 bits per heavy atom. The van der Waals surface area contributed by atoms with Crippen LogP contribution in [0.25, 0.3) is 11.3 Å². The van der Waals surface area contributed by atoms with E-state index in [1.807, 2.05) is 11.8 Å². The summed E-state index contributed by atoms with van der Waals surface area (Å²) in [4.78, 5) is 8.67. The first kappa shape index (κ1) is 10.7. The summed E-state index contributed by atoms with van der Waals surface area (Å²) >= 11 is 1.94. The molecule has 1 aromatic heterocycles. The summed E-state index contributed by atoms with van der Waals surface area (Å²) < 4.78 is 0. The number of aromatic amines is 1. The maximum atomic E-state index is 5.30. The van der Waals surface area contributed by atoms with Gasteiger partial charge in [-0.2, -0.15) is 0 Å². The minimum atomic E-state index is 0.590. The molecule has 0 aliphatic carbocycles. The van der Waals surface area contributed by atoms with Gasteiger partial charge in [-0.1, -0.05) is 6.07 Å². The van der Waals surface area contributed by atoms with Crippen molar-refractivity contribution in [3.63, 3.8) is 0 Å². The van der Waals surface area contributed by atoms with Gasteiger partial charge in [-0.05, 0) is 41.9 Å². The van der Waals surface area contributed by atoms with Crippen LogP contribution in [0.1, 0.15) is 12.0 Å². The van der Waals surface area contributed by atoms with Crippen LogP contribution in [0.3, 0.4) is 0 Å². The number of thioether (sulfide) groups is 1. The van der Waals surface area contributed by atoms with Crippen molar-refractivity contribution < 1.29 is 0 Å². The van der Waals surface area contributed by atoms with Crippen LogP contribution in [-0.4, -0.2) is 15.7 Å². The average molecular weight is 246 g/mol. The van der Waals surface area contributed by atoms with E-state index in [4.69, 9.17) is 5.84 Å². The van der Waals surface area contributed by atoms with E-state index in [2.05, 4.69) is 33.6 Å². The van der Waals surface area contributed by atoms with Crippen molar-refractivity contribution in [1.82, 2.24) is 9.97 Å². The third-order valence-corrected chi connectivity index (χ3v) is 4.13. The number of nitrogens with two attached hydrogens (primary N) is 1. The number of aromatic nitrogens is 2. The normalized spacial score (nSPS) is 14.4. The molecule has 1 aliphatic rings. The summed E-state index contributed by atoms with van der Waals surface area (Å²) in [6.45, 7) is 0. The molecule has 17 heavy (non-hydrogen) atoms. The van der Waals surface area contributed by atoms with E-state index in [0.29, 0.717) is 5.95 Å². The van der Waals surface area contributed by atoms with E-state index in [-0.39, 0.29) is 0 Å². The number of nitrogens with zero attached hydrogens (tertiary/aromatic N) is 1. The lowest BCUT2D eigenvalue weighted by Crippen LogP contribution is -2.07. The van der Waals surface area contributed by atoms with Crippen molar-refractivity contribution in [2.24, 2.45) is 5.84 Å². The second-order valence-corrected chi connectivity index (χ2v) is 5.20.